The fourth-order valence-corrected chi connectivity index (χ4v) is 3.73. The van der Waals surface area contributed by atoms with Gasteiger partial charge in [0.2, 0.25) is 0 Å². The summed E-state index contributed by atoms with van der Waals surface area (Å²) in [6.45, 7) is 6.27. The number of aromatic nitrogens is 1. The van der Waals surface area contributed by atoms with E-state index < -0.39 is 24.1 Å². The molecule has 9 heteroatoms. The zero-order valence-corrected chi connectivity index (χ0v) is 20.1. The molecule has 0 bridgehead atoms. The molecule has 2 unspecified atom stereocenters. The van der Waals surface area contributed by atoms with E-state index in [4.69, 9.17) is 26.0 Å². The van der Waals surface area contributed by atoms with Crippen molar-refractivity contribution in [1.29, 1.82) is 0 Å². The van der Waals surface area contributed by atoms with Crippen molar-refractivity contribution in [2.75, 3.05) is 11.9 Å². The van der Waals surface area contributed by atoms with Crippen LogP contribution in [0.1, 0.15) is 43.2 Å². The summed E-state index contributed by atoms with van der Waals surface area (Å²) in [6.07, 6.45) is -0.621. The number of amides is 1. The van der Waals surface area contributed by atoms with E-state index in [0.717, 1.165) is 11.1 Å². The van der Waals surface area contributed by atoms with Gasteiger partial charge in [-0.1, -0.05) is 66.1 Å². The molecule has 2 atom stereocenters. The van der Waals surface area contributed by atoms with Crippen LogP contribution in [0.25, 0.3) is 11.3 Å². The number of hydrogen-bond acceptors (Lipinski definition) is 6. The first-order valence-electron chi connectivity index (χ1n) is 11.0. The van der Waals surface area contributed by atoms with Crippen molar-refractivity contribution >= 4 is 29.4 Å². The molecule has 0 aliphatic rings. The SMILES string of the molecule is CCC(CNCc1ccc(-c2onc(C)c2NC(=O)OC(C)c2ccccc2Cl)cc1)C(=O)O. The first kappa shape index (κ1) is 25.3. The monoisotopic (exact) mass is 485 g/mol. The van der Waals surface area contributed by atoms with Gasteiger partial charge in [0.1, 0.15) is 17.5 Å². The van der Waals surface area contributed by atoms with Crippen molar-refractivity contribution in [2.45, 2.75) is 39.8 Å². The van der Waals surface area contributed by atoms with E-state index >= 15 is 0 Å². The molecule has 3 aromatic rings. The number of carboxylic acid groups (broad SMARTS) is 1. The topological polar surface area (TPSA) is 114 Å². The van der Waals surface area contributed by atoms with Crippen LogP contribution >= 0.6 is 11.6 Å². The lowest BCUT2D eigenvalue weighted by Crippen LogP contribution is -2.27. The predicted octanol–water partition coefficient (Wildman–Crippen LogP) is 5.81. The highest BCUT2D eigenvalue weighted by atomic mass is 35.5. The van der Waals surface area contributed by atoms with Gasteiger partial charge in [0.25, 0.3) is 0 Å². The maximum absolute atomic E-state index is 12.5. The maximum Gasteiger partial charge on any atom is 0.412 e. The highest BCUT2D eigenvalue weighted by Crippen LogP contribution is 2.32. The third kappa shape index (κ3) is 6.36. The fourth-order valence-electron chi connectivity index (χ4n) is 3.45. The number of nitrogens with one attached hydrogen (secondary N) is 2. The number of aliphatic carboxylic acids is 1. The van der Waals surface area contributed by atoms with Crippen LogP contribution in [0.3, 0.4) is 0 Å². The molecule has 3 rings (SSSR count). The van der Waals surface area contributed by atoms with Crippen LogP contribution in [-0.2, 0) is 16.1 Å². The van der Waals surface area contributed by atoms with Gasteiger partial charge in [-0.05, 0) is 31.9 Å². The van der Waals surface area contributed by atoms with Crippen molar-refractivity contribution in [1.82, 2.24) is 10.5 Å². The van der Waals surface area contributed by atoms with Crippen molar-refractivity contribution in [3.63, 3.8) is 0 Å². The second kappa shape index (κ2) is 11.7. The third-order valence-electron chi connectivity index (χ3n) is 5.49. The molecular weight excluding hydrogens is 458 g/mol. The van der Waals surface area contributed by atoms with E-state index in [0.29, 0.717) is 47.2 Å². The molecule has 3 N–H and O–H groups in total. The molecular formula is C25H28ClN3O5. The Kier molecular flexibility index (Phi) is 8.67. The number of carbonyl (C=O) groups is 2. The number of benzene rings is 2. The summed E-state index contributed by atoms with van der Waals surface area (Å²) < 4.78 is 11.0. The lowest BCUT2D eigenvalue weighted by molar-refractivity contribution is -0.141. The van der Waals surface area contributed by atoms with E-state index in [1.165, 1.54) is 0 Å². The third-order valence-corrected chi connectivity index (χ3v) is 5.84. The van der Waals surface area contributed by atoms with Gasteiger partial charge in [0, 0.05) is 29.2 Å². The molecule has 8 nitrogen and oxygen atoms in total. The van der Waals surface area contributed by atoms with E-state index in [-0.39, 0.29) is 0 Å². The molecule has 0 spiro atoms. The molecule has 34 heavy (non-hydrogen) atoms. The Morgan fingerprint density at radius 3 is 2.53 bits per heavy atom. The van der Waals surface area contributed by atoms with Crippen molar-refractivity contribution in [3.8, 4) is 11.3 Å². The van der Waals surface area contributed by atoms with Gasteiger partial charge in [-0.3, -0.25) is 10.1 Å². The number of ether oxygens (including phenoxy) is 1. The summed E-state index contributed by atoms with van der Waals surface area (Å²) in [5.74, 6) is -0.799. The maximum atomic E-state index is 12.5. The van der Waals surface area contributed by atoms with E-state index in [1.807, 2.05) is 43.3 Å². The van der Waals surface area contributed by atoms with Crippen LogP contribution in [0.5, 0.6) is 0 Å². The molecule has 2 aromatic carbocycles. The number of aryl methyl sites for hydroxylation is 1. The molecule has 0 saturated carbocycles. The molecule has 1 aromatic heterocycles. The van der Waals surface area contributed by atoms with Crippen molar-refractivity contribution in [2.24, 2.45) is 5.92 Å². The van der Waals surface area contributed by atoms with E-state index in [9.17, 15) is 9.59 Å². The van der Waals surface area contributed by atoms with E-state index in [2.05, 4.69) is 15.8 Å². The summed E-state index contributed by atoms with van der Waals surface area (Å²) in [4.78, 5) is 23.7. The number of anilines is 1. The van der Waals surface area contributed by atoms with Crippen LogP contribution in [-0.4, -0.2) is 28.9 Å². The van der Waals surface area contributed by atoms with Gasteiger partial charge in [-0.15, -0.1) is 0 Å². The van der Waals surface area contributed by atoms with Gasteiger partial charge in [0.05, 0.1) is 5.92 Å². The minimum atomic E-state index is -0.800. The highest BCUT2D eigenvalue weighted by molar-refractivity contribution is 6.31. The lowest BCUT2D eigenvalue weighted by Gasteiger charge is -2.15. The zero-order valence-electron chi connectivity index (χ0n) is 19.3. The molecule has 1 amide bonds. The normalized spacial score (nSPS) is 12.7. The van der Waals surface area contributed by atoms with Gasteiger partial charge >= 0.3 is 12.1 Å². The summed E-state index contributed by atoms with van der Waals surface area (Å²) >= 11 is 6.19. The van der Waals surface area contributed by atoms with Crippen LogP contribution in [0.2, 0.25) is 5.02 Å². The summed E-state index contributed by atoms with van der Waals surface area (Å²) in [6, 6.07) is 14.7. The second-order valence-corrected chi connectivity index (χ2v) is 8.34. The van der Waals surface area contributed by atoms with Crippen LogP contribution in [0.15, 0.2) is 53.1 Å². The molecule has 0 aliphatic heterocycles. The smallest absolute Gasteiger partial charge is 0.412 e. The Morgan fingerprint density at radius 2 is 1.88 bits per heavy atom. The van der Waals surface area contributed by atoms with Crippen LogP contribution in [0, 0.1) is 12.8 Å². The minimum Gasteiger partial charge on any atom is -0.481 e. The average molecular weight is 486 g/mol. The standard InChI is InChI=1S/C25H28ClN3O5/c1-4-18(24(30)31)14-27-13-17-9-11-19(12-10-17)23-22(15(2)29-34-23)28-25(32)33-16(3)20-7-5-6-8-21(20)26/h5-12,16,18,27H,4,13-14H2,1-3H3,(H,28,32)(H,30,31). The number of nitrogens with zero attached hydrogens (tertiary/aromatic N) is 1. The molecule has 0 fully saturated rings. The van der Waals surface area contributed by atoms with Gasteiger partial charge in [-0.25, -0.2) is 4.79 Å². The van der Waals surface area contributed by atoms with Crippen molar-refractivity contribution in [3.05, 3.63) is 70.4 Å². The van der Waals surface area contributed by atoms with Crippen LogP contribution in [0.4, 0.5) is 10.5 Å². The Bertz CT molecular complexity index is 1130. The highest BCUT2D eigenvalue weighted by Gasteiger charge is 2.21. The Hall–Kier alpha value is -3.36. The van der Waals surface area contributed by atoms with Gasteiger partial charge in [-0.2, -0.15) is 0 Å². The molecule has 0 aliphatic carbocycles. The molecule has 0 radical (unpaired) electrons. The number of halogens is 1. The fraction of sp³-hybridized carbons (Fsp3) is 0.320. The Morgan fingerprint density at radius 1 is 1.18 bits per heavy atom. The molecule has 1 heterocycles. The number of hydrogen-bond donors (Lipinski definition) is 3. The first-order chi connectivity index (χ1) is 16.3. The first-order valence-corrected chi connectivity index (χ1v) is 11.4. The largest absolute Gasteiger partial charge is 0.481 e. The summed E-state index contributed by atoms with van der Waals surface area (Å²) in [5.41, 5.74) is 3.37. The quantitative estimate of drug-likeness (QED) is 0.332. The molecule has 0 saturated heterocycles. The second-order valence-electron chi connectivity index (χ2n) is 7.94. The summed E-state index contributed by atoms with van der Waals surface area (Å²) in [7, 11) is 0. The van der Waals surface area contributed by atoms with Crippen LogP contribution < -0.4 is 10.6 Å². The van der Waals surface area contributed by atoms with Gasteiger partial charge in [0.15, 0.2) is 5.76 Å². The van der Waals surface area contributed by atoms with E-state index in [1.54, 1.807) is 26.0 Å². The summed E-state index contributed by atoms with van der Waals surface area (Å²) in [5, 5.41) is 19.5. The minimum absolute atomic E-state index is 0.400. The van der Waals surface area contributed by atoms with Crippen molar-refractivity contribution < 1.29 is 24.0 Å². The molecule has 180 valence electrons. The Balaban J connectivity index is 1.64. The number of rotatable bonds is 10. The average Bonchev–Trinajstić information content (AvgIpc) is 3.17. The lowest BCUT2D eigenvalue weighted by atomic mass is 10.1. The Labute approximate surface area is 203 Å². The predicted molar refractivity (Wildman–Crippen MR) is 130 cm³/mol. The zero-order chi connectivity index (χ0) is 24.7. The van der Waals surface area contributed by atoms with Gasteiger partial charge < -0.3 is 19.7 Å². The number of carboxylic acids is 1. The number of carbonyl (C=O) groups excluding carboxylic acids is 1.